The number of nitrogens with one attached hydrogen (secondary N) is 1. The van der Waals surface area contributed by atoms with Gasteiger partial charge in [0.15, 0.2) is 6.10 Å². The second-order valence-corrected chi connectivity index (χ2v) is 6.53. The number of esters is 1. The van der Waals surface area contributed by atoms with Crippen molar-refractivity contribution in [2.24, 2.45) is 0 Å². The third-order valence-electron chi connectivity index (χ3n) is 4.08. The average Bonchev–Trinajstić information content (AvgIpc) is 2.63. The van der Waals surface area contributed by atoms with Gasteiger partial charge in [0.25, 0.3) is 0 Å². The number of Topliss-reactive ketones (excluding diaryl/α,β-unsaturated/α-hetero) is 1. The van der Waals surface area contributed by atoms with E-state index in [1.54, 1.807) is 31.2 Å². The first-order valence-electron chi connectivity index (χ1n) is 9.08. The third-order valence-corrected chi connectivity index (χ3v) is 4.08. The van der Waals surface area contributed by atoms with E-state index in [4.69, 9.17) is 4.74 Å². The molecule has 0 bridgehead atoms. The van der Waals surface area contributed by atoms with Crippen LogP contribution >= 0.6 is 0 Å². The number of benzene rings is 2. The molecule has 0 saturated carbocycles. The molecule has 0 heterocycles. The molecule has 5 heteroatoms. The van der Waals surface area contributed by atoms with Crippen molar-refractivity contribution >= 4 is 23.3 Å². The molecule has 2 rings (SSSR count). The number of hydrogen-bond donors (Lipinski definition) is 1. The number of ether oxygens (including phenoxy) is 1. The lowest BCUT2D eigenvalue weighted by Gasteiger charge is -2.13. The van der Waals surface area contributed by atoms with Gasteiger partial charge in [-0.1, -0.05) is 36.8 Å². The molecule has 0 radical (unpaired) electrons. The van der Waals surface area contributed by atoms with Gasteiger partial charge in [0.1, 0.15) is 0 Å². The van der Waals surface area contributed by atoms with Crippen LogP contribution in [-0.2, 0) is 20.7 Å². The molecule has 0 spiro atoms. The highest BCUT2D eigenvalue weighted by molar-refractivity contribution is 6.00. The SMILES string of the molecule is CCCC(=O)Nc1ccc(C(=O)[C@H](C)OC(=O)Cc2ccc(C)cc2)cc1. The van der Waals surface area contributed by atoms with E-state index in [0.717, 1.165) is 17.5 Å². The highest BCUT2D eigenvalue weighted by Crippen LogP contribution is 2.14. The third kappa shape index (κ3) is 6.37. The minimum absolute atomic E-state index is 0.0602. The van der Waals surface area contributed by atoms with Gasteiger partial charge < -0.3 is 10.1 Å². The highest BCUT2D eigenvalue weighted by Gasteiger charge is 2.19. The standard InChI is InChI=1S/C22H25NO4/c1-4-5-20(24)23-19-12-10-18(11-13-19)22(26)16(3)27-21(25)14-17-8-6-15(2)7-9-17/h6-13,16H,4-5,14H2,1-3H3,(H,23,24)/t16-/m0/s1. The first-order valence-corrected chi connectivity index (χ1v) is 9.08. The van der Waals surface area contributed by atoms with E-state index in [9.17, 15) is 14.4 Å². The number of anilines is 1. The number of carbonyl (C=O) groups excluding carboxylic acids is 3. The van der Waals surface area contributed by atoms with Crippen LogP contribution in [0.5, 0.6) is 0 Å². The Morgan fingerprint density at radius 1 is 1.00 bits per heavy atom. The minimum Gasteiger partial charge on any atom is -0.454 e. The Morgan fingerprint density at radius 3 is 2.22 bits per heavy atom. The second kappa shape index (κ2) is 9.67. The van der Waals surface area contributed by atoms with E-state index in [1.807, 2.05) is 38.1 Å². The number of hydrogen-bond acceptors (Lipinski definition) is 4. The van der Waals surface area contributed by atoms with Gasteiger partial charge in [-0.05, 0) is 50.1 Å². The summed E-state index contributed by atoms with van der Waals surface area (Å²) in [5.74, 6) is -0.781. The van der Waals surface area contributed by atoms with Crippen LogP contribution in [0.3, 0.4) is 0 Å². The molecule has 2 aromatic rings. The number of ketones is 1. The van der Waals surface area contributed by atoms with Gasteiger partial charge in [0.05, 0.1) is 6.42 Å². The van der Waals surface area contributed by atoms with Gasteiger partial charge in [-0.2, -0.15) is 0 Å². The van der Waals surface area contributed by atoms with Crippen LogP contribution in [0.2, 0.25) is 0 Å². The lowest BCUT2D eigenvalue weighted by Crippen LogP contribution is -2.25. The van der Waals surface area contributed by atoms with Crippen molar-refractivity contribution < 1.29 is 19.1 Å². The van der Waals surface area contributed by atoms with Crippen LogP contribution in [0, 0.1) is 6.92 Å². The number of amides is 1. The Hall–Kier alpha value is -2.95. The van der Waals surface area contributed by atoms with Crippen molar-refractivity contribution in [1.29, 1.82) is 0 Å². The molecule has 1 amide bonds. The summed E-state index contributed by atoms with van der Waals surface area (Å²) in [6.45, 7) is 5.47. The zero-order valence-corrected chi connectivity index (χ0v) is 16.0. The molecule has 27 heavy (non-hydrogen) atoms. The van der Waals surface area contributed by atoms with Crippen molar-refractivity contribution in [3.05, 3.63) is 65.2 Å². The monoisotopic (exact) mass is 367 g/mol. The van der Waals surface area contributed by atoms with Gasteiger partial charge in [-0.3, -0.25) is 14.4 Å². The molecule has 2 aromatic carbocycles. The summed E-state index contributed by atoms with van der Waals surface area (Å²) in [6.07, 6.45) is 0.478. The van der Waals surface area contributed by atoms with Gasteiger partial charge in [0, 0.05) is 17.7 Å². The van der Waals surface area contributed by atoms with Crippen molar-refractivity contribution in [3.8, 4) is 0 Å². The summed E-state index contributed by atoms with van der Waals surface area (Å²) >= 11 is 0. The Morgan fingerprint density at radius 2 is 1.63 bits per heavy atom. The fraction of sp³-hybridized carbons (Fsp3) is 0.318. The van der Waals surface area contributed by atoms with Gasteiger partial charge in [0.2, 0.25) is 11.7 Å². The van der Waals surface area contributed by atoms with Crippen LogP contribution in [0.15, 0.2) is 48.5 Å². The zero-order valence-electron chi connectivity index (χ0n) is 16.0. The predicted molar refractivity (Wildman–Crippen MR) is 105 cm³/mol. The van der Waals surface area contributed by atoms with Crippen LogP contribution in [0.25, 0.3) is 0 Å². The molecule has 5 nitrogen and oxygen atoms in total. The van der Waals surface area contributed by atoms with E-state index in [2.05, 4.69) is 5.32 Å². The van der Waals surface area contributed by atoms with Gasteiger partial charge >= 0.3 is 5.97 Å². The maximum Gasteiger partial charge on any atom is 0.310 e. The molecule has 0 saturated heterocycles. The van der Waals surface area contributed by atoms with Crippen molar-refractivity contribution in [3.63, 3.8) is 0 Å². The topological polar surface area (TPSA) is 72.5 Å². The van der Waals surface area contributed by atoms with Crippen LogP contribution in [-0.4, -0.2) is 23.8 Å². The number of aryl methyl sites for hydroxylation is 1. The lowest BCUT2D eigenvalue weighted by molar-refractivity contribution is -0.145. The molecule has 142 valence electrons. The van der Waals surface area contributed by atoms with E-state index in [1.165, 1.54) is 0 Å². The Kier molecular flexibility index (Phi) is 7.29. The minimum atomic E-state index is -0.872. The van der Waals surface area contributed by atoms with Crippen molar-refractivity contribution in [1.82, 2.24) is 0 Å². The number of carbonyl (C=O) groups is 3. The van der Waals surface area contributed by atoms with Gasteiger partial charge in [-0.15, -0.1) is 0 Å². The number of rotatable bonds is 8. The molecule has 0 aliphatic heterocycles. The normalized spacial score (nSPS) is 11.5. The molecule has 0 aliphatic carbocycles. The smallest absolute Gasteiger partial charge is 0.310 e. The molecule has 1 N–H and O–H groups in total. The van der Waals surface area contributed by atoms with Crippen molar-refractivity contribution in [2.45, 2.75) is 46.1 Å². The van der Waals surface area contributed by atoms with E-state index >= 15 is 0 Å². The van der Waals surface area contributed by atoms with Crippen LogP contribution in [0.1, 0.15) is 48.2 Å². The Labute approximate surface area is 159 Å². The fourth-order valence-electron chi connectivity index (χ4n) is 2.57. The fourth-order valence-corrected chi connectivity index (χ4v) is 2.57. The Balaban J connectivity index is 1.91. The molecule has 1 atom stereocenters. The van der Waals surface area contributed by atoms with Gasteiger partial charge in [-0.25, -0.2) is 0 Å². The predicted octanol–water partition coefficient (Wildman–Crippen LogP) is 4.09. The maximum atomic E-state index is 12.4. The molecule has 0 aliphatic rings. The summed E-state index contributed by atoms with van der Waals surface area (Å²) in [5.41, 5.74) is 3.02. The lowest BCUT2D eigenvalue weighted by atomic mass is 10.1. The highest BCUT2D eigenvalue weighted by atomic mass is 16.5. The second-order valence-electron chi connectivity index (χ2n) is 6.53. The Bertz CT molecular complexity index is 794. The van der Waals surface area contributed by atoms with Crippen molar-refractivity contribution in [2.75, 3.05) is 5.32 Å². The van der Waals surface area contributed by atoms with E-state index < -0.39 is 12.1 Å². The van der Waals surface area contributed by atoms with E-state index in [0.29, 0.717) is 17.7 Å². The largest absolute Gasteiger partial charge is 0.454 e. The van der Waals surface area contributed by atoms with Crippen LogP contribution < -0.4 is 5.32 Å². The summed E-state index contributed by atoms with van der Waals surface area (Å²) in [4.78, 5) is 36.1. The molecular weight excluding hydrogens is 342 g/mol. The molecule has 0 fully saturated rings. The quantitative estimate of drug-likeness (QED) is 0.563. The zero-order chi connectivity index (χ0) is 19.8. The first kappa shape index (κ1) is 20.4. The summed E-state index contributed by atoms with van der Waals surface area (Å²) < 4.78 is 5.27. The molecule has 0 aromatic heterocycles. The summed E-state index contributed by atoms with van der Waals surface area (Å²) in [7, 11) is 0. The van der Waals surface area contributed by atoms with Crippen LogP contribution in [0.4, 0.5) is 5.69 Å². The van der Waals surface area contributed by atoms with E-state index in [-0.39, 0.29) is 18.1 Å². The molecule has 0 unspecified atom stereocenters. The average molecular weight is 367 g/mol. The first-order chi connectivity index (χ1) is 12.9. The summed E-state index contributed by atoms with van der Waals surface area (Å²) in [6, 6.07) is 14.2. The summed E-state index contributed by atoms with van der Waals surface area (Å²) in [5, 5.41) is 2.77. The molecular formula is C22H25NO4. The maximum absolute atomic E-state index is 12.4.